The second kappa shape index (κ2) is 5.42. The van der Waals surface area contributed by atoms with E-state index in [-0.39, 0.29) is 0 Å². The second-order valence-electron chi connectivity index (χ2n) is 5.54. The highest BCUT2D eigenvalue weighted by molar-refractivity contribution is 6.30. The van der Waals surface area contributed by atoms with Crippen LogP contribution >= 0.6 is 11.6 Å². The normalized spacial score (nSPS) is 13.3. The molecule has 0 saturated heterocycles. The standard InChI is InChI=1S/C17H16ClN3O2/c1-22-14-7-6-10(8-15(14)23-2)12-9-19-21-16(18)11-4-3-5-13(11)20-17(12)21/h6-9H,3-5H2,1-2H3. The Balaban J connectivity index is 1.91. The Kier molecular flexibility index (Phi) is 3.38. The molecule has 4 rings (SSSR count). The highest BCUT2D eigenvalue weighted by Crippen LogP contribution is 2.35. The molecule has 1 aromatic carbocycles. The Bertz CT molecular complexity index is 904. The Labute approximate surface area is 138 Å². The first-order valence-electron chi connectivity index (χ1n) is 7.50. The summed E-state index contributed by atoms with van der Waals surface area (Å²) in [5, 5.41) is 5.10. The van der Waals surface area contributed by atoms with Gasteiger partial charge in [-0.3, -0.25) is 0 Å². The van der Waals surface area contributed by atoms with Gasteiger partial charge >= 0.3 is 0 Å². The molecule has 0 N–H and O–H groups in total. The van der Waals surface area contributed by atoms with Crippen LogP contribution < -0.4 is 9.47 Å². The van der Waals surface area contributed by atoms with Crippen LogP contribution in [0.5, 0.6) is 11.5 Å². The number of aromatic nitrogens is 3. The molecule has 0 atom stereocenters. The van der Waals surface area contributed by atoms with Crippen molar-refractivity contribution in [3.05, 3.63) is 40.8 Å². The lowest BCUT2D eigenvalue weighted by atomic mass is 10.1. The molecule has 0 bridgehead atoms. The lowest BCUT2D eigenvalue weighted by Crippen LogP contribution is -1.99. The number of nitrogens with zero attached hydrogens (tertiary/aromatic N) is 3. The van der Waals surface area contributed by atoms with E-state index in [4.69, 9.17) is 26.1 Å². The predicted molar refractivity (Wildman–Crippen MR) is 88.6 cm³/mol. The van der Waals surface area contributed by atoms with Crippen LogP contribution in [0.25, 0.3) is 16.8 Å². The van der Waals surface area contributed by atoms with Crippen molar-refractivity contribution in [1.82, 2.24) is 14.6 Å². The van der Waals surface area contributed by atoms with Crippen molar-refractivity contribution in [3.63, 3.8) is 0 Å². The monoisotopic (exact) mass is 329 g/mol. The molecule has 0 aliphatic heterocycles. The van der Waals surface area contributed by atoms with Gasteiger partial charge in [0.15, 0.2) is 17.1 Å². The molecule has 5 nitrogen and oxygen atoms in total. The Morgan fingerprint density at radius 3 is 2.74 bits per heavy atom. The van der Waals surface area contributed by atoms with Gasteiger partial charge in [-0.25, -0.2) is 9.50 Å². The van der Waals surface area contributed by atoms with Gasteiger partial charge in [0.2, 0.25) is 0 Å². The SMILES string of the molecule is COc1ccc(-c2cnn3c(Cl)c4c(nc23)CCC4)cc1OC. The first-order valence-corrected chi connectivity index (χ1v) is 7.88. The summed E-state index contributed by atoms with van der Waals surface area (Å²) in [5.41, 5.74) is 4.90. The molecule has 1 aliphatic rings. The number of methoxy groups -OCH3 is 2. The fraction of sp³-hybridized carbons (Fsp3) is 0.294. The number of halogens is 1. The molecule has 0 radical (unpaired) electrons. The van der Waals surface area contributed by atoms with E-state index in [2.05, 4.69) is 5.10 Å². The van der Waals surface area contributed by atoms with Crippen molar-refractivity contribution in [3.8, 4) is 22.6 Å². The lowest BCUT2D eigenvalue weighted by molar-refractivity contribution is 0.355. The zero-order valence-electron chi connectivity index (χ0n) is 13.0. The van der Waals surface area contributed by atoms with E-state index in [1.54, 1.807) is 24.9 Å². The summed E-state index contributed by atoms with van der Waals surface area (Å²) in [6.07, 6.45) is 4.84. The molecular formula is C17H16ClN3O2. The molecule has 0 spiro atoms. The Morgan fingerprint density at radius 2 is 1.96 bits per heavy atom. The van der Waals surface area contributed by atoms with Crippen molar-refractivity contribution < 1.29 is 9.47 Å². The number of hydrogen-bond donors (Lipinski definition) is 0. The first-order chi connectivity index (χ1) is 11.2. The number of aryl methyl sites for hydroxylation is 1. The fourth-order valence-corrected chi connectivity index (χ4v) is 3.46. The maximum absolute atomic E-state index is 6.51. The number of rotatable bonds is 3. The van der Waals surface area contributed by atoms with Gasteiger partial charge in [0, 0.05) is 16.8 Å². The summed E-state index contributed by atoms with van der Waals surface area (Å²) < 4.78 is 12.4. The molecular weight excluding hydrogens is 314 g/mol. The van der Waals surface area contributed by atoms with Gasteiger partial charge < -0.3 is 9.47 Å². The molecule has 3 aromatic rings. The smallest absolute Gasteiger partial charge is 0.164 e. The van der Waals surface area contributed by atoms with E-state index in [0.29, 0.717) is 16.7 Å². The third-order valence-electron chi connectivity index (χ3n) is 4.30. The van der Waals surface area contributed by atoms with Gasteiger partial charge in [-0.05, 0) is 37.0 Å². The van der Waals surface area contributed by atoms with E-state index < -0.39 is 0 Å². The van der Waals surface area contributed by atoms with Crippen molar-refractivity contribution in [2.75, 3.05) is 14.2 Å². The third kappa shape index (κ3) is 2.15. The lowest BCUT2D eigenvalue weighted by Gasteiger charge is -2.09. The van der Waals surface area contributed by atoms with Crippen LogP contribution in [0, 0.1) is 0 Å². The van der Waals surface area contributed by atoms with Crippen LogP contribution in [-0.4, -0.2) is 28.8 Å². The summed E-state index contributed by atoms with van der Waals surface area (Å²) in [7, 11) is 3.25. The molecule has 118 valence electrons. The summed E-state index contributed by atoms with van der Waals surface area (Å²) >= 11 is 6.51. The second-order valence-corrected chi connectivity index (χ2v) is 5.90. The number of hydrogen-bond acceptors (Lipinski definition) is 4. The molecule has 0 unspecified atom stereocenters. The molecule has 0 saturated carbocycles. The van der Waals surface area contributed by atoms with E-state index >= 15 is 0 Å². The van der Waals surface area contributed by atoms with Crippen LogP contribution in [0.3, 0.4) is 0 Å². The highest BCUT2D eigenvalue weighted by atomic mass is 35.5. The molecule has 2 aromatic heterocycles. The molecule has 0 amide bonds. The van der Waals surface area contributed by atoms with Crippen LogP contribution in [0.4, 0.5) is 0 Å². The zero-order chi connectivity index (χ0) is 16.0. The summed E-state index contributed by atoms with van der Waals surface area (Å²) in [6.45, 7) is 0. The largest absolute Gasteiger partial charge is 0.493 e. The maximum Gasteiger partial charge on any atom is 0.164 e. The van der Waals surface area contributed by atoms with Gasteiger partial charge in [-0.15, -0.1) is 0 Å². The summed E-state index contributed by atoms with van der Waals surface area (Å²) in [5.74, 6) is 1.37. The minimum atomic E-state index is 0.675. The summed E-state index contributed by atoms with van der Waals surface area (Å²) in [4.78, 5) is 4.79. The van der Waals surface area contributed by atoms with E-state index in [1.807, 2.05) is 18.2 Å². The van der Waals surface area contributed by atoms with Crippen molar-refractivity contribution in [1.29, 1.82) is 0 Å². The average molecular weight is 330 g/mol. The van der Waals surface area contributed by atoms with Crippen molar-refractivity contribution in [2.45, 2.75) is 19.3 Å². The van der Waals surface area contributed by atoms with Gasteiger partial charge in [0.1, 0.15) is 5.15 Å². The van der Waals surface area contributed by atoms with Gasteiger partial charge in [0.05, 0.1) is 20.4 Å². The van der Waals surface area contributed by atoms with Gasteiger partial charge in [-0.2, -0.15) is 5.10 Å². The first kappa shape index (κ1) is 14.3. The van der Waals surface area contributed by atoms with Crippen LogP contribution in [0.2, 0.25) is 5.15 Å². The molecule has 2 heterocycles. The quantitative estimate of drug-likeness (QED) is 0.689. The van der Waals surface area contributed by atoms with Crippen LogP contribution in [-0.2, 0) is 12.8 Å². The van der Waals surface area contributed by atoms with Crippen molar-refractivity contribution in [2.24, 2.45) is 0 Å². The molecule has 0 fully saturated rings. The molecule has 6 heteroatoms. The van der Waals surface area contributed by atoms with Crippen molar-refractivity contribution >= 4 is 17.2 Å². The number of ether oxygens (including phenoxy) is 2. The van der Waals surface area contributed by atoms with E-state index in [9.17, 15) is 0 Å². The Hall–Kier alpha value is -2.27. The third-order valence-corrected chi connectivity index (χ3v) is 4.69. The van der Waals surface area contributed by atoms with Crippen LogP contribution in [0.1, 0.15) is 17.7 Å². The Morgan fingerprint density at radius 1 is 1.13 bits per heavy atom. The molecule has 23 heavy (non-hydrogen) atoms. The maximum atomic E-state index is 6.51. The highest BCUT2D eigenvalue weighted by Gasteiger charge is 2.21. The predicted octanol–water partition coefficient (Wildman–Crippen LogP) is 3.56. The zero-order valence-corrected chi connectivity index (χ0v) is 13.7. The summed E-state index contributed by atoms with van der Waals surface area (Å²) in [6, 6.07) is 5.78. The minimum absolute atomic E-state index is 0.675. The van der Waals surface area contributed by atoms with Crippen LogP contribution in [0.15, 0.2) is 24.4 Å². The number of fused-ring (bicyclic) bond motifs is 2. The minimum Gasteiger partial charge on any atom is -0.493 e. The molecule has 1 aliphatic carbocycles. The average Bonchev–Trinajstić information content (AvgIpc) is 3.21. The van der Waals surface area contributed by atoms with Gasteiger partial charge in [-0.1, -0.05) is 17.7 Å². The topological polar surface area (TPSA) is 48.7 Å². The van der Waals surface area contributed by atoms with Gasteiger partial charge in [0.25, 0.3) is 0 Å². The van der Waals surface area contributed by atoms with E-state index in [1.165, 1.54) is 0 Å². The van der Waals surface area contributed by atoms with E-state index in [0.717, 1.165) is 47.3 Å². The number of benzene rings is 1. The fourth-order valence-electron chi connectivity index (χ4n) is 3.13.